The Labute approximate surface area is 115 Å². The minimum absolute atomic E-state index is 0.0596. The molecule has 0 aliphatic heterocycles. The normalized spacial score (nSPS) is 18.1. The summed E-state index contributed by atoms with van der Waals surface area (Å²) in [6.45, 7) is 4.10. The predicted octanol–water partition coefficient (Wildman–Crippen LogP) is 2.63. The highest BCUT2D eigenvalue weighted by Crippen LogP contribution is 2.40. The van der Waals surface area contributed by atoms with Crippen molar-refractivity contribution in [1.82, 2.24) is 5.32 Å². The van der Waals surface area contributed by atoms with Gasteiger partial charge in [-0.15, -0.1) is 0 Å². The van der Waals surface area contributed by atoms with Crippen molar-refractivity contribution < 1.29 is 4.79 Å². The van der Waals surface area contributed by atoms with Crippen LogP contribution in [0, 0.1) is 11.8 Å². The first-order valence-electron chi connectivity index (χ1n) is 7.18. The zero-order valence-electron chi connectivity index (χ0n) is 11.8. The maximum absolute atomic E-state index is 12.1. The van der Waals surface area contributed by atoms with Crippen LogP contribution in [0.4, 0.5) is 0 Å². The van der Waals surface area contributed by atoms with Gasteiger partial charge < -0.3 is 11.1 Å². The molecule has 19 heavy (non-hydrogen) atoms. The van der Waals surface area contributed by atoms with E-state index in [1.807, 2.05) is 32.0 Å². The van der Waals surface area contributed by atoms with Crippen LogP contribution in [-0.4, -0.2) is 11.9 Å². The summed E-state index contributed by atoms with van der Waals surface area (Å²) in [6.07, 6.45) is 2.82. The zero-order chi connectivity index (χ0) is 13.8. The van der Waals surface area contributed by atoms with Crippen molar-refractivity contribution in [3.63, 3.8) is 0 Å². The zero-order valence-corrected chi connectivity index (χ0v) is 11.8. The first-order valence-corrected chi connectivity index (χ1v) is 7.18. The number of amides is 1. The Bertz CT molecular complexity index is 412. The largest absolute Gasteiger partial charge is 0.349 e. The van der Waals surface area contributed by atoms with E-state index in [1.165, 1.54) is 18.4 Å². The van der Waals surface area contributed by atoms with Crippen LogP contribution in [0.1, 0.15) is 44.7 Å². The van der Waals surface area contributed by atoms with Crippen molar-refractivity contribution in [2.75, 3.05) is 0 Å². The van der Waals surface area contributed by atoms with E-state index in [0.717, 1.165) is 0 Å². The lowest BCUT2D eigenvalue weighted by molar-refractivity contribution is -0.122. The van der Waals surface area contributed by atoms with Crippen LogP contribution < -0.4 is 11.1 Å². The van der Waals surface area contributed by atoms with Gasteiger partial charge in [-0.2, -0.15) is 0 Å². The van der Waals surface area contributed by atoms with Crippen LogP contribution in [0.15, 0.2) is 30.3 Å². The molecule has 1 aliphatic carbocycles. The first kappa shape index (κ1) is 14.1. The standard InChI is InChI=1S/C16H24N2O/c1-11(2)14(17)10-15(19)18-16(13-8-9-13)12-6-4-3-5-7-12/h3-7,11,13-14,16H,8-10,17H2,1-2H3,(H,18,19). The van der Waals surface area contributed by atoms with Crippen molar-refractivity contribution >= 4 is 5.91 Å². The van der Waals surface area contributed by atoms with Crippen LogP contribution >= 0.6 is 0 Å². The molecule has 0 radical (unpaired) electrons. The number of benzene rings is 1. The average molecular weight is 260 g/mol. The minimum atomic E-state index is -0.0596. The molecule has 1 aliphatic rings. The lowest BCUT2D eigenvalue weighted by Gasteiger charge is -2.21. The van der Waals surface area contributed by atoms with Gasteiger partial charge in [0.2, 0.25) is 5.91 Å². The van der Waals surface area contributed by atoms with Crippen molar-refractivity contribution in [1.29, 1.82) is 0 Å². The monoisotopic (exact) mass is 260 g/mol. The summed E-state index contributed by atoms with van der Waals surface area (Å²) in [5.41, 5.74) is 7.17. The Morgan fingerprint density at radius 2 is 1.95 bits per heavy atom. The summed E-state index contributed by atoms with van der Waals surface area (Å²) in [5, 5.41) is 3.16. The van der Waals surface area contributed by atoms with Crippen LogP contribution in [0.25, 0.3) is 0 Å². The molecule has 2 atom stereocenters. The highest BCUT2D eigenvalue weighted by molar-refractivity contribution is 5.77. The maximum atomic E-state index is 12.1. The van der Waals surface area contributed by atoms with Gasteiger partial charge in [-0.05, 0) is 30.2 Å². The minimum Gasteiger partial charge on any atom is -0.349 e. The van der Waals surface area contributed by atoms with Crippen molar-refractivity contribution in [3.8, 4) is 0 Å². The smallest absolute Gasteiger partial charge is 0.222 e. The van der Waals surface area contributed by atoms with E-state index in [4.69, 9.17) is 5.73 Å². The molecule has 2 rings (SSSR count). The van der Waals surface area contributed by atoms with E-state index in [2.05, 4.69) is 17.4 Å². The molecule has 0 aromatic heterocycles. The molecule has 1 saturated carbocycles. The molecule has 3 N–H and O–H groups in total. The highest BCUT2D eigenvalue weighted by atomic mass is 16.1. The summed E-state index contributed by atoms with van der Waals surface area (Å²) in [6, 6.07) is 10.3. The quantitative estimate of drug-likeness (QED) is 0.826. The second kappa shape index (κ2) is 6.20. The van der Waals surface area contributed by atoms with Crippen LogP contribution in [0.3, 0.4) is 0 Å². The van der Waals surface area contributed by atoms with Gasteiger partial charge in [0.1, 0.15) is 0 Å². The van der Waals surface area contributed by atoms with Crippen molar-refractivity contribution in [3.05, 3.63) is 35.9 Å². The molecule has 2 unspecified atom stereocenters. The fourth-order valence-electron chi connectivity index (χ4n) is 2.25. The molecular formula is C16H24N2O. The van der Waals surface area contributed by atoms with Crippen molar-refractivity contribution in [2.24, 2.45) is 17.6 Å². The molecule has 1 fully saturated rings. The van der Waals surface area contributed by atoms with E-state index in [0.29, 0.717) is 18.3 Å². The van der Waals surface area contributed by atoms with Gasteiger partial charge in [0.05, 0.1) is 6.04 Å². The van der Waals surface area contributed by atoms with E-state index >= 15 is 0 Å². The second-order valence-corrected chi connectivity index (χ2v) is 5.91. The predicted molar refractivity (Wildman–Crippen MR) is 77.5 cm³/mol. The highest BCUT2D eigenvalue weighted by Gasteiger charge is 2.33. The number of hydrogen-bond acceptors (Lipinski definition) is 2. The molecule has 0 heterocycles. The van der Waals surface area contributed by atoms with Crippen LogP contribution in [0.2, 0.25) is 0 Å². The number of carbonyl (C=O) groups excluding carboxylic acids is 1. The molecule has 0 spiro atoms. The third-order valence-corrected chi connectivity index (χ3v) is 3.85. The molecular weight excluding hydrogens is 236 g/mol. The van der Waals surface area contributed by atoms with Gasteiger partial charge >= 0.3 is 0 Å². The number of nitrogens with two attached hydrogens (primary N) is 1. The maximum Gasteiger partial charge on any atom is 0.222 e. The van der Waals surface area contributed by atoms with Gasteiger partial charge in [-0.1, -0.05) is 44.2 Å². The molecule has 0 saturated heterocycles. The lowest BCUT2D eigenvalue weighted by atomic mass is 9.99. The van der Waals surface area contributed by atoms with Crippen molar-refractivity contribution in [2.45, 2.75) is 45.2 Å². The summed E-state index contributed by atoms with van der Waals surface area (Å²) in [4.78, 5) is 12.1. The topological polar surface area (TPSA) is 55.1 Å². The Morgan fingerprint density at radius 3 is 2.47 bits per heavy atom. The third-order valence-electron chi connectivity index (χ3n) is 3.85. The number of rotatable bonds is 6. The number of hydrogen-bond donors (Lipinski definition) is 2. The molecule has 1 amide bonds. The summed E-state index contributed by atoms with van der Waals surface area (Å²) < 4.78 is 0. The fraction of sp³-hybridized carbons (Fsp3) is 0.562. The summed E-state index contributed by atoms with van der Waals surface area (Å²) in [7, 11) is 0. The second-order valence-electron chi connectivity index (χ2n) is 5.91. The van der Waals surface area contributed by atoms with Gasteiger partial charge in [-0.3, -0.25) is 4.79 Å². The van der Waals surface area contributed by atoms with Crippen LogP contribution in [0.5, 0.6) is 0 Å². The van der Waals surface area contributed by atoms with E-state index in [-0.39, 0.29) is 18.0 Å². The Hall–Kier alpha value is -1.35. The Morgan fingerprint density at radius 1 is 1.32 bits per heavy atom. The lowest BCUT2D eigenvalue weighted by Crippen LogP contribution is -2.37. The SMILES string of the molecule is CC(C)C(N)CC(=O)NC(c1ccccc1)C1CC1. The number of nitrogens with one attached hydrogen (secondary N) is 1. The van der Waals surface area contributed by atoms with E-state index in [1.54, 1.807) is 0 Å². The van der Waals surface area contributed by atoms with Gasteiger partial charge in [0, 0.05) is 12.5 Å². The van der Waals surface area contributed by atoms with Gasteiger partial charge in [0.15, 0.2) is 0 Å². The van der Waals surface area contributed by atoms with Crippen LogP contribution in [-0.2, 0) is 4.79 Å². The molecule has 1 aromatic carbocycles. The molecule has 3 heteroatoms. The molecule has 1 aromatic rings. The first-order chi connectivity index (χ1) is 9.08. The fourth-order valence-corrected chi connectivity index (χ4v) is 2.25. The molecule has 104 valence electrons. The van der Waals surface area contributed by atoms with Gasteiger partial charge in [0.25, 0.3) is 0 Å². The molecule has 0 bridgehead atoms. The van der Waals surface area contributed by atoms with E-state index < -0.39 is 0 Å². The Balaban J connectivity index is 1.96. The number of carbonyl (C=O) groups is 1. The van der Waals surface area contributed by atoms with Gasteiger partial charge in [-0.25, -0.2) is 0 Å². The average Bonchev–Trinajstić information content (AvgIpc) is 3.21. The third kappa shape index (κ3) is 4.06. The summed E-state index contributed by atoms with van der Waals surface area (Å²) >= 11 is 0. The Kier molecular flexibility index (Phi) is 4.59. The molecule has 3 nitrogen and oxygen atoms in total. The summed E-state index contributed by atoms with van der Waals surface area (Å²) in [5.74, 6) is 1.01. The van der Waals surface area contributed by atoms with E-state index in [9.17, 15) is 4.79 Å².